The third-order valence-corrected chi connectivity index (χ3v) is 4.00. The second-order valence-corrected chi connectivity index (χ2v) is 6.11. The second kappa shape index (κ2) is 9.91. The van der Waals surface area contributed by atoms with Gasteiger partial charge in [0.25, 0.3) is 0 Å². The number of hydrogen-bond acceptors (Lipinski definition) is 3. The van der Waals surface area contributed by atoms with E-state index in [1.165, 1.54) is 18.2 Å². The van der Waals surface area contributed by atoms with Crippen molar-refractivity contribution < 1.29 is 13.9 Å². The smallest absolute Gasteiger partial charge is 0.332 e. The van der Waals surface area contributed by atoms with Gasteiger partial charge in [0.2, 0.25) is 0 Å². The molecule has 0 saturated carbocycles. The molecule has 0 radical (unpaired) electrons. The first-order chi connectivity index (χ1) is 14.2. The molecule has 0 spiro atoms. The average molecular weight is 385 g/mol. The zero-order valence-electron chi connectivity index (χ0n) is 16.0. The van der Waals surface area contributed by atoms with E-state index in [0.29, 0.717) is 16.9 Å². The maximum atomic E-state index is 13.9. The Morgan fingerprint density at radius 3 is 2.38 bits per heavy atom. The number of ether oxygens (including phenoxy) is 1. The zero-order chi connectivity index (χ0) is 20.5. The molecule has 3 nitrogen and oxygen atoms in total. The minimum Gasteiger partial charge on any atom is -0.463 e. The molecule has 0 heterocycles. The van der Waals surface area contributed by atoms with Crippen LogP contribution in [0.4, 0.5) is 10.1 Å². The lowest BCUT2D eigenvalue weighted by molar-refractivity contribution is -0.137. The Labute approximate surface area is 169 Å². The van der Waals surface area contributed by atoms with Crippen molar-refractivity contribution in [1.82, 2.24) is 0 Å². The SMILES string of the molecule is CCOC(=O)/C=C(/Nc1ccc(F)cc1C#Cc1ccccc1)c1ccccc1. The van der Waals surface area contributed by atoms with Gasteiger partial charge in [0, 0.05) is 11.6 Å². The van der Waals surface area contributed by atoms with Crippen molar-refractivity contribution in [2.75, 3.05) is 11.9 Å². The molecule has 4 heteroatoms. The van der Waals surface area contributed by atoms with Crippen LogP contribution in [0.3, 0.4) is 0 Å². The number of esters is 1. The number of hydrogen-bond donors (Lipinski definition) is 1. The number of rotatable bonds is 5. The summed E-state index contributed by atoms with van der Waals surface area (Å²) in [5.74, 6) is 5.20. The number of carbonyl (C=O) groups is 1. The molecule has 0 aromatic heterocycles. The number of benzene rings is 3. The predicted octanol–water partition coefficient (Wildman–Crippen LogP) is 5.24. The topological polar surface area (TPSA) is 38.3 Å². The molecular formula is C25H20FNO2. The highest BCUT2D eigenvalue weighted by atomic mass is 19.1. The number of anilines is 1. The van der Waals surface area contributed by atoms with Gasteiger partial charge in [-0.2, -0.15) is 0 Å². The van der Waals surface area contributed by atoms with Crippen LogP contribution >= 0.6 is 0 Å². The molecule has 3 aromatic rings. The first kappa shape index (κ1) is 19.9. The van der Waals surface area contributed by atoms with Crippen LogP contribution in [-0.2, 0) is 9.53 Å². The molecule has 3 aromatic carbocycles. The van der Waals surface area contributed by atoms with Gasteiger partial charge < -0.3 is 10.1 Å². The van der Waals surface area contributed by atoms with Crippen LogP contribution in [0, 0.1) is 17.7 Å². The highest BCUT2D eigenvalue weighted by molar-refractivity contribution is 5.94. The molecule has 29 heavy (non-hydrogen) atoms. The average Bonchev–Trinajstić information content (AvgIpc) is 2.75. The van der Waals surface area contributed by atoms with Crippen molar-refractivity contribution in [3.63, 3.8) is 0 Å². The molecule has 0 aliphatic heterocycles. The van der Waals surface area contributed by atoms with Gasteiger partial charge in [-0.3, -0.25) is 0 Å². The van der Waals surface area contributed by atoms with Crippen molar-refractivity contribution in [1.29, 1.82) is 0 Å². The van der Waals surface area contributed by atoms with Crippen LogP contribution in [0.5, 0.6) is 0 Å². The highest BCUT2D eigenvalue weighted by Gasteiger charge is 2.09. The summed E-state index contributed by atoms with van der Waals surface area (Å²) >= 11 is 0. The van der Waals surface area contributed by atoms with Crippen LogP contribution < -0.4 is 5.32 Å². The van der Waals surface area contributed by atoms with Gasteiger partial charge in [-0.15, -0.1) is 0 Å². The monoisotopic (exact) mass is 385 g/mol. The Hall–Kier alpha value is -3.84. The molecule has 0 saturated heterocycles. The van der Waals surface area contributed by atoms with Crippen molar-refractivity contribution in [3.8, 4) is 11.8 Å². The van der Waals surface area contributed by atoms with Crippen molar-refractivity contribution in [2.45, 2.75) is 6.92 Å². The third-order valence-electron chi connectivity index (χ3n) is 4.00. The van der Waals surface area contributed by atoms with Gasteiger partial charge in [-0.1, -0.05) is 60.4 Å². The maximum absolute atomic E-state index is 13.9. The molecule has 1 N–H and O–H groups in total. The molecule has 0 bridgehead atoms. The van der Waals surface area contributed by atoms with Crippen LogP contribution in [0.1, 0.15) is 23.6 Å². The van der Waals surface area contributed by atoms with Crippen molar-refractivity contribution >= 4 is 17.4 Å². The first-order valence-corrected chi connectivity index (χ1v) is 9.23. The van der Waals surface area contributed by atoms with Crippen LogP contribution in [-0.4, -0.2) is 12.6 Å². The largest absolute Gasteiger partial charge is 0.463 e. The van der Waals surface area contributed by atoms with Crippen LogP contribution in [0.15, 0.2) is 84.9 Å². The fourth-order valence-electron chi connectivity index (χ4n) is 2.65. The summed E-state index contributed by atoms with van der Waals surface area (Å²) in [5.41, 5.74) is 3.24. The standard InChI is InChI=1S/C25H20FNO2/c1-2-29-25(28)18-24(20-11-7-4-8-12-20)27-23-16-15-22(26)17-21(23)14-13-19-9-5-3-6-10-19/h3-12,15-18,27H,2H2,1H3/b24-18+. The Bertz CT molecular complexity index is 1060. The summed E-state index contributed by atoms with van der Waals surface area (Å²) in [6.45, 7) is 2.03. The van der Waals surface area contributed by atoms with Crippen LogP contribution in [0.25, 0.3) is 5.70 Å². The van der Waals surface area contributed by atoms with E-state index < -0.39 is 5.97 Å². The third kappa shape index (κ3) is 5.82. The molecule has 0 amide bonds. The van der Waals surface area contributed by atoms with Gasteiger partial charge in [0.1, 0.15) is 5.82 Å². The Morgan fingerprint density at radius 1 is 1.00 bits per heavy atom. The Balaban J connectivity index is 1.98. The second-order valence-electron chi connectivity index (χ2n) is 6.11. The van der Waals surface area contributed by atoms with E-state index >= 15 is 0 Å². The lowest BCUT2D eigenvalue weighted by Gasteiger charge is -2.13. The molecular weight excluding hydrogens is 365 g/mol. The molecule has 0 fully saturated rings. The molecule has 144 valence electrons. The van der Waals surface area contributed by atoms with E-state index in [1.807, 2.05) is 60.7 Å². The van der Waals surface area contributed by atoms with Crippen molar-refractivity contribution in [2.24, 2.45) is 0 Å². The predicted molar refractivity (Wildman–Crippen MR) is 113 cm³/mol. The molecule has 3 rings (SSSR count). The Morgan fingerprint density at radius 2 is 1.69 bits per heavy atom. The van der Waals surface area contributed by atoms with Gasteiger partial charge in [-0.05, 0) is 42.8 Å². The van der Waals surface area contributed by atoms with Crippen molar-refractivity contribution in [3.05, 3.63) is 107 Å². The van der Waals surface area contributed by atoms with E-state index in [1.54, 1.807) is 13.0 Å². The summed E-state index contributed by atoms with van der Waals surface area (Å²) in [4.78, 5) is 12.0. The zero-order valence-corrected chi connectivity index (χ0v) is 16.0. The van der Waals surface area contributed by atoms with E-state index in [0.717, 1.165) is 11.1 Å². The lowest BCUT2D eigenvalue weighted by atomic mass is 10.1. The summed E-state index contributed by atoms with van der Waals surface area (Å²) in [5, 5.41) is 3.21. The quantitative estimate of drug-likeness (QED) is 0.371. The van der Waals surface area contributed by atoms with E-state index in [2.05, 4.69) is 17.2 Å². The number of carbonyl (C=O) groups excluding carboxylic acids is 1. The molecule has 0 aliphatic rings. The fraction of sp³-hybridized carbons (Fsp3) is 0.0800. The molecule has 0 atom stereocenters. The van der Waals surface area contributed by atoms with Gasteiger partial charge in [0.05, 0.1) is 23.6 Å². The normalized spacial score (nSPS) is 10.6. The maximum Gasteiger partial charge on any atom is 0.332 e. The molecule has 0 aliphatic carbocycles. The van der Waals surface area contributed by atoms with E-state index in [9.17, 15) is 9.18 Å². The number of halogens is 1. The van der Waals surface area contributed by atoms with Gasteiger partial charge in [-0.25, -0.2) is 9.18 Å². The minimum atomic E-state index is -0.460. The van der Waals surface area contributed by atoms with E-state index in [-0.39, 0.29) is 12.4 Å². The first-order valence-electron chi connectivity index (χ1n) is 9.23. The van der Waals surface area contributed by atoms with E-state index in [4.69, 9.17) is 4.74 Å². The fourth-order valence-corrected chi connectivity index (χ4v) is 2.65. The Kier molecular flexibility index (Phi) is 6.80. The highest BCUT2D eigenvalue weighted by Crippen LogP contribution is 2.23. The van der Waals surface area contributed by atoms with Gasteiger partial charge >= 0.3 is 5.97 Å². The summed E-state index contributed by atoms with van der Waals surface area (Å²) in [6.07, 6.45) is 1.39. The minimum absolute atomic E-state index is 0.280. The molecule has 0 unspecified atom stereocenters. The van der Waals surface area contributed by atoms with Gasteiger partial charge in [0.15, 0.2) is 0 Å². The summed E-state index contributed by atoms with van der Waals surface area (Å²) < 4.78 is 18.9. The lowest BCUT2D eigenvalue weighted by Crippen LogP contribution is -2.07. The summed E-state index contributed by atoms with van der Waals surface area (Å²) in [7, 11) is 0. The summed E-state index contributed by atoms with van der Waals surface area (Å²) in [6, 6.07) is 23.2. The number of nitrogens with one attached hydrogen (secondary N) is 1. The van der Waals surface area contributed by atoms with Crippen LogP contribution in [0.2, 0.25) is 0 Å².